The first-order valence-corrected chi connectivity index (χ1v) is 18.6. The van der Waals surface area contributed by atoms with Crippen molar-refractivity contribution in [1.82, 2.24) is 0 Å². The van der Waals surface area contributed by atoms with E-state index in [0.717, 1.165) is 24.7 Å². The van der Waals surface area contributed by atoms with Gasteiger partial charge in [0.2, 0.25) is 5.91 Å². The molecule has 39 heavy (non-hydrogen) atoms. The summed E-state index contributed by atoms with van der Waals surface area (Å²) in [5.41, 5.74) is 5.74. The Kier molecular flexibility index (Phi) is 22.4. The smallest absolute Gasteiger partial charge is 0.220 e. The van der Waals surface area contributed by atoms with Gasteiger partial charge in [-0.3, -0.25) is 4.79 Å². The van der Waals surface area contributed by atoms with E-state index in [4.69, 9.17) is 5.73 Å². The highest BCUT2D eigenvalue weighted by atomic mass is 16.1. The van der Waals surface area contributed by atoms with Crippen molar-refractivity contribution in [3.63, 3.8) is 0 Å². The van der Waals surface area contributed by atoms with Crippen molar-refractivity contribution >= 4 is 5.91 Å². The summed E-state index contributed by atoms with van der Waals surface area (Å²) in [7, 11) is 0. The van der Waals surface area contributed by atoms with Crippen LogP contribution in [0.3, 0.4) is 0 Å². The molecule has 0 aromatic heterocycles. The van der Waals surface area contributed by atoms with Gasteiger partial charge in [0, 0.05) is 5.92 Å². The van der Waals surface area contributed by atoms with Crippen LogP contribution in [-0.4, -0.2) is 5.91 Å². The van der Waals surface area contributed by atoms with E-state index in [1.807, 2.05) is 0 Å². The quantitative estimate of drug-likeness (QED) is 0.350. The van der Waals surface area contributed by atoms with Crippen molar-refractivity contribution in [2.45, 2.75) is 212 Å². The summed E-state index contributed by atoms with van der Waals surface area (Å²) in [5.74, 6) is 2.24. The molecule has 0 radical (unpaired) electrons. The van der Waals surface area contributed by atoms with Crippen molar-refractivity contribution in [3.05, 3.63) is 0 Å². The van der Waals surface area contributed by atoms with Crippen LogP contribution in [0.1, 0.15) is 212 Å². The molecular weight excluding hydrogens is 474 g/mol. The fourth-order valence-electron chi connectivity index (χ4n) is 7.49. The minimum atomic E-state index is -0.0496. The lowest BCUT2D eigenvalue weighted by atomic mass is 9.69. The molecule has 2 N–H and O–H groups in total. The molecular formula is C37H71NO. The third-order valence-electron chi connectivity index (χ3n) is 10.5. The van der Waals surface area contributed by atoms with Crippen molar-refractivity contribution in [1.29, 1.82) is 0 Å². The zero-order valence-electron chi connectivity index (χ0n) is 26.6. The Bertz CT molecular complexity index is 546. The Hall–Kier alpha value is -0.530. The fourth-order valence-corrected chi connectivity index (χ4v) is 7.49. The molecule has 0 bridgehead atoms. The summed E-state index contributed by atoms with van der Waals surface area (Å²) in [6, 6.07) is 0. The SMILES string of the molecule is NC(=O)C1CCCCCCCCCCCCCCCCCCCCC2CCC2CCCCCCCCCCC1. The van der Waals surface area contributed by atoms with Crippen LogP contribution in [-0.2, 0) is 4.79 Å². The number of amides is 1. The summed E-state index contributed by atoms with van der Waals surface area (Å²) in [4.78, 5) is 11.9. The highest BCUT2D eigenvalue weighted by Gasteiger charge is 2.29. The molecule has 0 saturated heterocycles. The van der Waals surface area contributed by atoms with Crippen molar-refractivity contribution in [3.8, 4) is 0 Å². The van der Waals surface area contributed by atoms with Crippen LogP contribution in [0, 0.1) is 17.8 Å². The second-order valence-electron chi connectivity index (χ2n) is 13.9. The van der Waals surface area contributed by atoms with Crippen LogP contribution < -0.4 is 5.73 Å². The number of carbonyl (C=O) groups is 1. The molecule has 1 amide bonds. The first-order valence-electron chi connectivity index (χ1n) is 18.6. The highest BCUT2D eigenvalue weighted by Crippen LogP contribution is 2.41. The van der Waals surface area contributed by atoms with Crippen molar-refractivity contribution < 1.29 is 4.79 Å². The molecule has 0 aromatic carbocycles. The minimum Gasteiger partial charge on any atom is -0.369 e. The van der Waals surface area contributed by atoms with Gasteiger partial charge in [0.1, 0.15) is 0 Å². The maximum absolute atomic E-state index is 11.9. The molecule has 230 valence electrons. The van der Waals surface area contributed by atoms with Gasteiger partial charge in [-0.1, -0.05) is 186 Å². The van der Waals surface area contributed by atoms with E-state index in [0.29, 0.717) is 0 Å². The first-order chi connectivity index (χ1) is 19.3. The van der Waals surface area contributed by atoms with Crippen LogP contribution in [0.5, 0.6) is 0 Å². The largest absolute Gasteiger partial charge is 0.369 e. The molecule has 3 atom stereocenters. The van der Waals surface area contributed by atoms with E-state index < -0.39 is 0 Å². The zero-order valence-corrected chi connectivity index (χ0v) is 26.6. The number of carbonyl (C=O) groups excluding carboxylic acids is 1. The Labute approximate surface area is 245 Å². The second-order valence-corrected chi connectivity index (χ2v) is 13.9. The predicted octanol–water partition coefficient (Wildman–Crippen LogP) is 12.2. The third-order valence-corrected chi connectivity index (χ3v) is 10.5. The molecule has 0 aromatic rings. The van der Waals surface area contributed by atoms with Gasteiger partial charge < -0.3 is 5.73 Å². The maximum atomic E-state index is 11.9. The van der Waals surface area contributed by atoms with E-state index in [1.165, 1.54) is 199 Å². The van der Waals surface area contributed by atoms with Gasteiger partial charge >= 0.3 is 0 Å². The number of hydrogen-bond donors (Lipinski definition) is 1. The average molecular weight is 546 g/mol. The molecule has 3 unspecified atom stereocenters. The monoisotopic (exact) mass is 546 g/mol. The predicted molar refractivity (Wildman–Crippen MR) is 172 cm³/mol. The van der Waals surface area contributed by atoms with Crippen LogP contribution in [0.2, 0.25) is 0 Å². The maximum Gasteiger partial charge on any atom is 0.220 e. The van der Waals surface area contributed by atoms with E-state index >= 15 is 0 Å². The molecule has 2 nitrogen and oxygen atoms in total. The summed E-state index contributed by atoms with van der Waals surface area (Å²) in [6.07, 6.45) is 46.3. The van der Waals surface area contributed by atoms with E-state index in [9.17, 15) is 4.79 Å². The van der Waals surface area contributed by atoms with Crippen LogP contribution in [0.4, 0.5) is 0 Å². The van der Waals surface area contributed by atoms with Gasteiger partial charge in [-0.2, -0.15) is 0 Å². The Balaban J connectivity index is 1.57. The highest BCUT2D eigenvalue weighted by molar-refractivity contribution is 5.76. The minimum absolute atomic E-state index is 0.0496. The Morgan fingerprint density at radius 1 is 0.308 bits per heavy atom. The Morgan fingerprint density at radius 2 is 0.513 bits per heavy atom. The van der Waals surface area contributed by atoms with Gasteiger partial charge in [-0.05, 0) is 37.5 Å². The van der Waals surface area contributed by atoms with Gasteiger partial charge in [-0.25, -0.2) is 0 Å². The Morgan fingerprint density at radius 3 is 0.718 bits per heavy atom. The van der Waals surface area contributed by atoms with Gasteiger partial charge in [0.05, 0.1) is 0 Å². The van der Waals surface area contributed by atoms with Gasteiger partial charge in [0.15, 0.2) is 0 Å². The average Bonchev–Trinajstić information content (AvgIpc) is 2.91. The van der Waals surface area contributed by atoms with E-state index in [2.05, 4.69) is 0 Å². The van der Waals surface area contributed by atoms with Crippen molar-refractivity contribution in [2.24, 2.45) is 23.5 Å². The van der Waals surface area contributed by atoms with Crippen LogP contribution in [0.25, 0.3) is 0 Å². The number of fused-ring (bicyclic) bond motifs is 1. The standard InChI is InChI=1S/C37H71NO/c38-37(39)36-30-26-22-18-13-10-8-6-4-2-1-3-5-7-9-12-16-20-24-28-34-32-33-35(34)29-25-21-17-14-11-15-19-23-27-31-36/h34-36H,1-33H2,(H2,38,39). The lowest BCUT2D eigenvalue weighted by Gasteiger charge is -2.37. The van der Waals surface area contributed by atoms with Gasteiger partial charge in [-0.15, -0.1) is 0 Å². The second kappa shape index (κ2) is 25.2. The number of hydrogen-bond acceptors (Lipinski definition) is 1. The molecule has 0 spiro atoms. The molecule has 0 heterocycles. The molecule has 2 heteroatoms. The first kappa shape index (κ1) is 34.7. The molecule has 2 saturated carbocycles. The van der Waals surface area contributed by atoms with Crippen LogP contribution >= 0.6 is 0 Å². The molecule has 2 fully saturated rings. The molecule has 2 rings (SSSR count). The number of primary amides is 1. The van der Waals surface area contributed by atoms with Gasteiger partial charge in [0.25, 0.3) is 0 Å². The lowest BCUT2D eigenvalue weighted by Crippen LogP contribution is -2.25. The van der Waals surface area contributed by atoms with Crippen LogP contribution in [0.15, 0.2) is 0 Å². The molecule has 2 aliphatic carbocycles. The third kappa shape index (κ3) is 19.3. The lowest BCUT2D eigenvalue weighted by molar-refractivity contribution is -0.122. The fraction of sp³-hybridized carbons (Fsp3) is 0.973. The summed E-state index contributed by atoms with van der Waals surface area (Å²) < 4.78 is 0. The topological polar surface area (TPSA) is 43.1 Å². The van der Waals surface area contributed by atoms with E-state index in [-0.39, 0.29) is 11.8 Å². The summed E-state index contributed by atoms with van der Waals surface area (Å²) in [6.45, 7) is 0. The number of nitrogens with two attached hydrogens (primary N) is 1. The van der Waals surface area contributed by atoms with Crippen molar-refractivity contribution in [2.75, 3.05) is 0 Å². The zero-order chi connectivity index (χ0) is 27.6. The molecule has 0 aliphatic heterocycles. The normalized spacial score (nSPS) is 29.2. The summed E-state index contributed by atoms with van der Waals surface area (Å²) >= 11 is 0. The summed E-state index contributed by atoms with van der Waals surface area (Å²) in [5, 5.41) is 0. The van der Waals surface area contributed by atoms with E-state index in [1.54, 1.807) is 0 Å². The number of rotatable bonds is 1. The molecule has 2 aliphatic rings.